The molecule has 2 rings (SSSR count). The molecule has 0 aliphatic carbocycles. The first-order valence-corrected chi connectivity index (χ1v) is 11.6. The molecule has 30 heavy (non-hydrogen) atoms. The monoisotopic (exact) mass is 455 g/mol. The van der Waals surface area contributed by atoms with Crippen LogP contribution in [-0.2, 0) is 29.1 Å². The van der Waals surface area contributed by atoms with Gasteiger partial charge in [0.15, 0.2) is 0 Å². The number of amides is 2. The molecule has 0 saturated carbocycles. The lowest BCUT2D eigenvalue weighted by molar-refractivity contribution is -0.137. The van der Waals surface area contributed by atoms with E-state index in [1.807, 2.05) is 0 Å². The number of hydrogen-bond donors (Lipinski definition) is 1. The molecular formula is C19H25N3O6S2. The summed E-state index contributed by atoms with van der Waals surface area (Å²) in [6.07, 6.45) is 1.19. The molecule has 2 amide bonds. The summed E-state index contributed by atoms with van der Waals surface area (Å²) in [4.78, 5) is 38.2. The van der Waals surface area contributed by atoms with Crippen molar-refractivity contribution in [2.75, 3.05) is 31.8 Å². The predicted octanol–water partition coefficient (Wildman–Crippen LogP) is 1.55. The van der Waals surface area contributed by atoms with Crippen LogP contribution in [0, 0.1) is 6.92 Å². The Kier molecular flexibility index (Phi) is 7.67. The smallest absolute Gasteiger partial charge is 0.333 e. The number of anilines is 1. The number of carbonyl (C=O) groups excluding carboxylic acids is 3. The molecule has 0 bridgehead atoms. The first-order valence-electron chi connectivity index (χ1n) is 9.16. The number of thioether (sulfide) groups is 1. The molecule has 0 spiro atoms. The van der Waals surface area contributed by atoms with Crippen molar-refractivity contribution in [3.05, 3.63) is 34.9 Å². The Hall–Kier alpha value is -2.37. The highest BCUT2D eigenvalue weighted by molar-refractivity contribution is 8.04. The van der Waals surface area contributed by atoms with Crippen LogP contribution in [0.4, 0.5) is 5.69 Å². The van der Waals surface area contributed by atoms with Crippen LogP contribution >= 0.6 is 11.8 Å². The van der Waals surface area contributed by atoms with E-state index in [9.17, 15) is 22.8 Å². The van der Waals surface area contributed by atoms with Crippen LogP contribution in [0.25, 0.3) is 0 Å². The SMILES string of the molecule is CCOC(=O)/C=C1\SCC(=O)N1C(C)C(=O)Nc1cc(S(=O)(=O)N(C)C)ccc1C. The highest BCUT2D eigenvalue weighted by atomic mass is 32.2. The van der Waals surface area contributed by atoms with Gasteiger partial charge in [-0.05, 0) is 38.5 Å². The summed E-state index contributed by atoms with van der Waals surface area (Å²) >= 11 is 1.15. The van der Waals surface area contributed by atoms with Crippen LogP contribution in [0.15, 0.2) is 34.2 Å². The van der Waals surface area contributed by atoms with Gasteiger partial charge in [0.25, 0.3) is 0 Å². The van der Waals surface area contributed by atoms with E-state index >= 15 is 0 Å². The van der Waals surface area contributed by atoms with E-state index < -0.39 is 27.9 Å². The van der Waals surface area contributed by atoms with E-state index in [-0.39, 0.29) is 23.2 Å². The number of hydrogen-bond acceptors (Lipinski definition) is 7. The third-order valence-corrected chi connectivity index (χ3v) is 7.20. The minimum Gasteiger partial charge on any atom is -0.463 e. The molecule has 1 aromatic rings. The molecule has 1 aromatic carbocycles. The number of benzene rings is 1. The standard InChI is InChI=1S/C19H25N3O6S2/c1-6-28-18(24)10-17-22(16(23)11-29-17)13(3)19(25)20-15-9-14(8-7-12(15)2)30(26,27)21(4)5/h7-10,13H,6,11H2,1-5H3,(H,20,25)/b17-10-. The van der Waals surface area contributed by atoms with E-state index in [4.69, 9.17) is 4.74 Å². The molecule has 0 aromatic heterocycles. The zero-order valence-corrected chi connectivity index (χ0v) is 19.1. The third-order valence-electron chi connectivity index (χ3n) is 4.39. The molecule has 9 nitrogen and oxygen atoms in total. The maximum absolute atomic E-state index is 12.8. The number of ether oxygens (including phenoxy) is 1. The van der Waals surface area contributed by atoms with Crippen LogP contribution in [0.2, 0.25) is 0 Å². The first kappa shape index (κ1) is 23.9. The Bertz CT molecular complexity index is 988. The summed E-state index contributed by atoms with van der Waals surface area (Å²) in [5.74, 6) is -1.30. The van der Waals surface area contributed by atoms with Crippen LogP contribution in [0.3, 0.4) is 0 Å². The normalized spacial score (nSPS) is 16.8. The van der Waals surface area contributed by atoms with Crippen molar-refractivity contribution in [2.45, 2.75) is 31.7 Å². The van der Waals surface area contributed by atoms with Crippen LogP contribution in [0.5, 0.6) is 0 Å². The van der Waals surface area contributed by atoms with Gasteiger partial charge in [0.05, 0.1) is 28.4 Å². The summed E-state index contributed by atoms with van der Waals surface area (Å²) in [6, 6.07) is 3.52. The highest BCUT2D eigenvalue weighted by Gasteiger charge is 2.35. The fourth-order valence-electron chi connectivity index (χ4n) is 2.66. The number of esters is 1. The largest absolute Gasteiger partial charge is 0.463 e. The fourth-order valence-corrected chi connectivity index (χ4v) is 4.58. The van der Waals surface area contributed by atoms with Crippen molar-refractivity contribution in [2.24, 2.45) is 0 Å². The lowest BCUT2D eigenvalue weighted by Crippen LogP contribution is -2.42. The lowest BCUT2D eigenvalue weighted by Gasteiger charge is -2.24. The van der Waals surface area contributed by atoms with Crippen molar-refractivity contribution in [3.8, 4) is 0 Å². The second-order valence-corrected chi connectivity index (χ2v) is 9.86. The van der Waals surface area contributed by atoms with Crippen molar-refractivity contribution < 1.29 is 27.5 Å². The van der Waals surface area contributed by atoms with Crippen molar-refractivity contribution in [1.82, 2.24) is 9.21 Å². The molecule has 164 valence electrons. The first-order chi connectivity index (χ1) is 14.0. The van der Waals surface area contributed by atoms with E-state index in [1.54, 1.807) is 19.9 Å². The molecule has 0 radical (unpaired) electrons. The Labute approximate surface area is 180 Å². The minimum atomic E-state index is -3.67. The van der Waals surface area contributed by atoms with Crippen LogP contribution < -0.4 is 5.32 Å². The number of rotatable bonds is 7. The fraction of sp³-hybridized carbons (Fsp3) is 0.421. The number of sulfonamides is 1. The Morgan fingerprint density at radius 3 is 2.63 bits per heavy atom. The zero-order valence-electron chi connectivity index (χ0n) is 17.5. The van der Waals surface area contributed by atoms with Gasteiger partial charge >= 0.3 is 5.97 Å². The van der Waals surface area contributed by atoms with E-state index in [0.717, 1.165) is 16.1 Å². The lowest BCUT2D eigenvalue weighted by atomic mass is 10.2. The molecular weight excluding hydrogens is 430 g/mol. The third kappa shape index (κ3) is 5.21. The number of aryl methyl sites for hydroxylation is 1. The molecule has 1 aliphatic rings. The summed E-state index contributed by atoms with van der Waals surface area (Å²) in [5, 5.41) is 3.02. The Balaban J connectivity index is 2.27. The second-order valence-electron chi connectivity index (χ2n) is 6.72. The van der Waals surface area contributed by atoms with E-state index in [1.165, 1.54) is 44.1 Å². The Morgan fingerprint density at radius 1 is 1.37 bits per heavy atom. The highest BCUT2D eigenvalue weighted by Crippen LogP contribution is 2.31. The molecule has 1 fully saturated rings. The van der Waals surface area contributed by atoms with Gasteiger partial charge in [-0.25, -0.2) is 17.5 Å². The van der Waals surface area contributed by atoms with Crippen LogP contribution in [-0.4, -0.2) is 67.9 Å². The van der Waals surface area contributed by atoms with Gasteiger partial charge in [-0.3, -0.25) is 14.5 Å². The molecule has 1 unspecified atom stereocenters. The average molecular weight is 456 g/mol. The van der Waals surface area contributed by atoms with Crippen molar-refractivity contribution in [3.63, 3.8) is 0 Å². The maximum atomic E-state index is 12.8. The summed E-state index contributed by atoms with van der Waals surface area (Å²) in [7, 11) is -0.830. The summed E-state index contributed by atoms with van der Waals surface area (Å²) < 4.78 is 30.7. The molecule has 1 heterocycles. The van der Waals surface area contributed by atoms with Gasteiger partial charge in [-0.15, -0.1) is 0 Å². The van der Waals surface area contributed by atoms with Crippen molar-refractivity contribution >= 4 is 45.3 Å². The second kappa shape index (κ2) is 9.63. The molecule has 1 saturated heterocycles. The Morgan fingerprint density at radius 2 is 2.03 bits per heavy atom. The molecule has 1 aliphatic heterocycles. The van der Waals surface area contributed by atoms with Gasteiger partial charge < -0.3 is 10.1 Å². The quantitative estimate of drug-likeness (QED) is 0.490. The maximum Gasteiger partial charge on any atom is 0.333 e. The van der Waals surface area contributed by atoms with E-state index in [2.05, 4.69) is 5.32 Å². The van der Waals surface area contributed by atoms with Crippen molar-refractivity contribution in [1.29, 1.82) is 0 Å². The number of nitrogens with one attached hydrogen (secondary N) is 1. The van der Waals surface area contributed by atoms with E-state index in [0.29, 0.717) is 16.3 Å². The predicted molar refractivity (Wildman–Crippen MR) is 114 cm³/mol. The topological polar surface area (TPSA) is 113 Å². The summed E-state index contributed by atoms with van der Waals surface area (Å²) in [6.45, 7) is 5.13. The number of nitrogens with zero attached hydrogens (tertiary/aromatic N) is 2. The van der Waals surface area contributed by atoms with Gasteiger partial charge in [0.2, 0.25) is 21.8 Å². The average Bonchev–Trinajstić information content (AvgIpc) is 3.02. The minimum absolute atomic E-state index is 0.0387. The van der Waals surface area contributed by atoms with Gasteiger partial charge in [-0.2, -0.15) is 0 Å². The summed E-state index contributed by atoms with van der Waals surface area (Å²) in [5.41, 5.74) is 0.989. The van der Waals surface area contributed by atoms with Gasteiger partial charge in [-0.1, -0.05) is 17.8 Å². The van der Waals surface area contributed by atoms with Gasteiger partial charge in [0, 0.05) is 19.8 Å². The zero-order chi connectivity index (χ0) is 22.6. The van der Waals surface area contributed by atoms with Crippen LogP contribution in [0.1, 0.15) is 19.4 Å². The molecule has 1 atom stereocenters. The van der Waals surface area contributed by atoms with Gasteiger partial charge in [0.1, 0.15) is 6.04 Å². The molecule has 1 N–H and O–H groups in total. The molecule has 11 heteroatoms. The number of carbonyl (C=O) groups is 3.